The van der Waals surface area contributed by atoms with Crippen LogP contribution in [0.5, 0.6) is 11.5 Å². The molecule has 3 N–H and O–H groups in total. The zero-order chi connectivity index (χ0) is 13.9. The molecule has 1 aromatic carbocycles. The molecular formula is C15H20N2O3. The van der Waals surface area contributed by atoms with E-state index in [4.69, 9.17) is 15.2 Å². The van der Waals surface area contributed by atoms with Gasteiger partial charge < -0.3 is 20.5 Å². The van der Waals surface area contributed by atoms with E-state index in [-0.39, 0.29) is 17.9 Å². The van der Waals surface area contributed by atoms with Gasteiger partial charge in [-0.15, -0.1) is 0 Å². The lowest BCUT2D eigenvalue weighted by atomic mass is 10.0. The van der Waals surface area contributed by atoms with Gasteiger partial charge in [-0.05, 0) is 25.0 Å². The number of benzene rings is 1. The Morgan fingerprint density at radius 1 is 1.15 bits per heavy atom. The van der Waals surface area contributed by atoms with Crippen LogP contribution in [0, 0.1) is 5.92 Å². The minimum atomic E-state index is -0.0778. The number of nitrogens with two attached hydrogens (primary N) is 1. The molecule has 5 heteroatoms. The minimum absolute atomic E-state index is 0.00416. The molecular weight excluding hydrogens is 256 g/mol. The van der Waals surface area contributed by atoms with Crippen molar-refractivity contribution in [3.63, 3.8) is 0 Å². The van der Waals surface area contributed by atoms with Crippen LogP contribution in [0.15, 0.2) is 18.2 Å². The number of carbonyl (C=O) groups excluding carboxylic acids is 1. The van der Waals surface area contributed by atoms with Gasteiger partial charge in [0.1, 0.15) is 0 Å². The Bertz CT molecular complexity index is 504. The van der Waals surface area contributed by atoms with Crippen LogP contribution in [0.3, 0.4) is 0 Å². The average Bonchev–Trinajstić information content (AvgIpc) is 2.73. The summed E-state index contributed by atoms with van der Waals surface area (Å²) in [4.78, 5) is 12.2. The van der Waals surface area contributed by atoms with E-state index in [1.54, 1.807) is 0 Å². The van der Waals surface area contributed by atoms with Crippen molar-refractivity contribution >= 4 is 11.6 Å². The largest absolute Gasteiger partial charge is 0.490 e. The third-order valence-corrected chi connectivity index (χ3v) is 3.92. The van der Waals surface area contributed by atoms with E-state index < -0.39 is 0 Å². The number of fused-ring (bicyclic) bond motifs is 1. The zero-order valence-corrected chi connectivity index (χ0v) is 11.4. The Labute approximate surface area is 118 Å². The van der Waals surface area contributed by atoms with E-state index in [1.165, 1.54) is 0 Å². The summed E-state index contributed by atoms with van der Waals surface area (Å²) >= 11 is 0. The number of carbonyl (C=O) groups is 1. The van der Waals surface area contributed by atoms with Gasteiger partial charge in [0.25, 0.3) is 0 Å². The maximum absolute atomic E-state index is 12.2. The highest BCUT2D eigenvalue weighted by molar-refractivity contribution is 5.93. The van der Waals surface area contributed by atoms with Crippen LogP contribution in [-0.2, 0) is 4.79 Å². The normalized spacial score (nSPS) is 25.1. The van der Waals surface area contributed by atoms with Crippen molar-refractivity contribution in [2.75, 3.05) is 18.5 Å². The fourth-order valence-electron chi connectivity index (χ4n) is 2.79. The maximum Gasteiger partial charge on any atom is 0.229 e. The van der Waals surface area contributed by atoms with Gasteiger partial charge in [0.2, 0.25) is 5.91 Å². The van der Waals surface area contributed by atoms with Crippen molar-refractivity contribution in [1.29, 1.82) is 0 Å². The predicted molar refractivity (Wildman–Crippen MR) is 76.0 cm³/mol. The van der Waals surface area contributed by atoms with E-state index in [2.05, 4.69) is 5.32 Å². The van der Waals surface area contributed by atoms with Crippen LogP contribution in [0.25, 0.3) is 0 Å². The second-order valence-corrected chi connectivity index (χ2v) is 5.40. The standard InChI is InChI=1S/C15H20N2O3/c16-12-4-1-3-11(12)15(18)17-10-5-6-13-14(9-10)20-8-2-7-19-13/h5-6,9,11-12H,1-4,7-8,16H2,(H,17,18). The van der Waals surface area contributed by atoms with Gasteiger partial charge in [-0.2, -0.15) is 0 Å². The summed E-state index contributed by atoms with van der Waals surface area (Å²) < 4.78 is 11.2. The molecule has 1 fully saturated rings. The molecule has 3 rings (SSSR count). The number of hydrogen-bond donors (Lipinski definition) is 2. The van der Waals surface area contributed by atoms with Gasteiger partial charge >= 0.3 is 0 Å². The molecule has 1 aliphatic carbocycles. The molecule has 0 spiro atoms. The first-order valence-corrected chi connectivity index (χ1v) is 7.20. The lowest BCUT2D eigenvalue weighted by Gasteiger charge is -2.16. The molecule has 1 heterocycles. The Balaban J connectivity index is 1.71. The van der Waals surface area contributed by atoms with Gasteiger partial charge in [-0.1, -0.05) is 6.42 Å². The van der Waals surface area contributed by atoms with Crippen LogP contribution >= 0.6 is 0 Å². The van der Waals surface area contributed by atoms with Crippen molar-refractivity contribution in [3.8, 4) is 11.5 Å². The molecule has 2 unspecified atom stereocenters. The van der Waals surface area contributed by atoms with Crippen LogP contribution in [0.2, 0.25) is 0 Å². The Morgan fingerprint density at radius 2 is 1.95 bits per heavy atom. The van der Waals surface area contributed by atoms with E-state index in [0.29, 0.717) is 19.0 Å². The van der Waals surface area contributed by atoms with Crippen LogP contribution in [0.4, 0.5) is 5.69 Å². The summed E-state index contributed by atoms with van der Waals surface area (Å²) in [7, 11) is 0. The van der Waals surface area contributed by atoms with E-state index in [0.717, 1.165) is 37.1 Å². The topological polar surface area (TPSA) is 73.6 Å². The van der Waals surface area contributed by atoms with Crippen molar-refractivity contribution in [1.82, 2.24) is 0 Å². The van der Waals surface area contributed by atoms with Crippen molar-refractivity contribution in [3.05, 3.63) is 18.2 Å². The first-order valence-electron chi connectivity index (χ1n) is 7.20. The van der Waals surface area contributed by atoms with Gasteiger partial charge in [-0.3, -0.25) is 4.79 Å². The summed E-state index contributed by atoms with van der Waals surface area (Å²) in [5.41, 5.74) is 6.69. The Kier molecular flexibility index (Phi) is 3.78. The molecule has 20 heavy (non-hydrogen) atoms. The fourth-order valence-corrected chi connectivity index (χ4v) is 2.79. The van der Waals surface area contributed by atoms with Crippen LogP contribution < -0.4 is 20.5 Å². The average molecular weight is 276 g/mol. The van der Waals surface area contributed by atoms with E-state index >= 15 is 0 Å². The van der Waals surface area contributed by atoms with Crippen molar-refractivity contribution < 1.29 is 14.3 Å². The third kappa shape index (κ3) is 2.72. The fraction of sp³-hybridized carbons (Fsp3) is 0.533. The number of hydrogen-bond acceptors (Lipinski definition) is 4. The molecule has 1 aromatic rings. The highest BCUT2D eigenvalue weighted by atomic mass is 16.5. The SMILES string of the molecule is NC1CCCC1C(=O)Nc1ccc2c(c1)OCCCO2. The lowest BCUT2D eigenvalue weighted by Crippen LogP contribution is -2.34. The van der Waals surface area contributed by atoms with E-state index in [1.807, 2.05) is 18.2 Å². The second-order valence-electron chi connectivity index (χ2n) is 5.40. The Morgan fingerprint density at radius 3 is 2.70 bits per heavy atom. The number of rotatable bonds is 2. The van der Waals surface area contributed by atoms with Crippen molar-refractivity contribution in [2.24, 2.45) is 11.7 Å². The van der Waals surface area contributed by atoms with Crippen molar-refractivity contribution in [2.45, 2.75) is 31.7 Å². The monoisotopic (exact) mass is 276 g/mol. The molecule has 0 aromatic heterocycles. The molecule has 1 amide bonds. The molecule has 0 radical (unpaired) electrons. The highest BCUT2D eigenvalue weighted by Gasteiger charge is 2.30. The van der Waals surface area contributed by atoms with Crippen LogP contribution in [-0.4, -0.2) is 25.2 Å². The quantitative estimate of drug-likeness (QED) is 0.865. The highest BCUT2D eigenvalue weighted by Crippen LogP contribution is 2.33. The summed E-state index contributed by atoms with van der Waals surface area (Å²) in [6.45, 7) is 1.30. The first-order chi connectivity index (χ1) is 9.74. The first kappa shape index (κ1) is 13.2. The summed E-state index contributed by atoms with van der Waals surface area (Å²) in [6, 6.07) is 5.48. The Hall–Kier alpha value is -1.75. The molecule has 2 atom stereocenters. The number of amides is 1. The van der Waals surface area contributed by atoms with Gasteiger partial charge in [0.05, 0.1) is 19.1 Å². The summed E-state index contributed by atoms with van der Waals surface area (Å²) in [5.74, 6) is 1.35. The summed E-state index contributed by atoms with van der Waals surface area (Å²) in [6.07, 6.45) is 3.70. The molecule has 5 nitrogen and oxygen atoms in total. The molecule has 108 valence electrons. The minimum Gasteiger partial charge on any atom is -0.490 e. The summed E-state index contributed by atoms with van der Waals surface area (Å²) in [5, 5.41) is 2.93. The number of anilines is 1. The van der Waals surface area contributed by atoms with Crippen LogP contribution in [0.1, 0.15) is 25.7 Å². The number of nitrogens with one attached hydrogen (secondary N) is 1. The second kappa shape index (κ2) is 5.71. The van der Waals surface area contributed by atoms with Gasteiger partial charge in [0, 0.05) is 24.2 Å². The lowest BCUT2D eigenvalue weighted by molar-refractivity contribution is -0.120. The third-order valence-electron chi connectivity index (χ3n) is 3.92. The molecule has 0 saturated heterocycles. The molecule has 1 aliphatic heterocycles. The molecule has 1 saturated carbocycles. The molecule has 2 aliphatic rings. The smallest absolute Gasteiger partial charge is 0.229 e. The predicted octanol–water partition coefficient (Wildman–Crippen LogP) is 1.91. The zero-order valence-electron chi connectivity index (χ0n) is 11.4. The maximum atomic E-state index is 12.2. The number of ether oxygens (including phenoxy) is 2. The van der Waals surface area contributed by atoms with Gasteiger partial charge in [0.15, 0.2) is 11.5 Å². The van der Waals surface area contributed by atoms with E-state index in [9.17, 15) is 4.79 Å². The molecule has 0 bridgehead atoms. The van der Waals surface area contributed by atoms with Gasteiger partial charge in [-0.25, -0.2) is 0 Å².